The Kier molecular flexibility index (Phi) is 5.51. The van der Waals surface area contributed by atoms with E-state index in [-0.39, 0.29) is 6.09 Å². The minimum atomic E-state index is -0.187. The van der Waals surface area contributed by atoms with E-state index >= 15 is 0 Å². The number of likely N-dealkylation sites (tertiary alicyclic amines) is 2. The summed E-state index contributed by atoms with van der Waals surface area (Å²) < 4.78 is 5.45. The van der Waals surface area contributed by atoms with E-state index in [0.717, 1.165) is 57.4 Å². The SMILES string of the molecule is N[C@@H]1CCN([C@H]2CCCN(C(=O)OCc3ccccc3)CC2)C1. The number of rotatable bonds is 3. The van der Waals surface area contributed by atoms with Crippen LogP contribution in [0.25, 0.3) is 0 Å². The van der Waals surface area contributed by atoms with Crippen LogP contribution in [0.3, 0.4) is 0 Å². The Labute approximate surface area is 138 Å². The van der Waals surface area contributed by atoms with Gasteiger partial charge in [0.2, 0.25) is 0 Å². The molecule has 3 rings (SSSR count). The van der Waals surface area contributed by atoms with Gasteiger partial charge in [0.1, 0.15) is 6.61 Å². The van der Waals surface area contributed by atoms with Crippen LogP contribution in [0.4, 0.5) is 4.79 Å². The lowest BCUT2D eigenvalue weighted by Crippen LogP contribution is -2.37. The fourth-order valence-corrected chi connectivity index (χ4v) is 3.58. The van der Waals surface area contributed by atoms with Gasteiger partial charge in [0, 0.05) is 38.3 Å². The molecule has 1 amide bonds. The van der Waals surface area contributed by atoms with E-state index in [0.29, 0.717) is 18.7 Å². The molecule has 2 N–H and O–H groups in total. The smallest absolute Gasteiger partial charge is 0.410 e. The average Bonchev–Trinajstić information content (AvgIpc) is 2.86. The molecule has 0 spiro atoms. The Bertz CT molecular complexity index is 508. The number of nitrogens with zero attached hydrogens (tertiary/aromatic N) is 2. The van der Waals surface area contributed by atoms with Crippen LogP contribution in [-0.2, 0) is 11.3 Å². The minimum absolute atomic E-state index is 0.187. The third kappa shape index (κ3) is 4.45. The molecule has 0 radical (unpaired) electrons. The summed E-state index contributed by atoms with van der Waals surface area (Å²) in [5.41, 5.74) is 7.04. The Morgan fingerprint density at radius 1 is 1.13 bits per heavy atom. The van der Waals surface area contributed by atoms with Crippen LogP contribution in [0.1, 0.15) is 31.2 Å². The molecular weight excluding hydrogens is 290 g/mol. The molecule has 2 atom stereocenters. The van der Waals surface area contributed by atoms with Crippen LogP contribution in [0.2, 0.25) is 0 Å². The highest BCUT2D eigenvalue weighted by Crippen LogP contribution is 2.21. The van der Waals surface area contributed by atoms with Crippen LogP contribution < -0.4 is 5.73 Å². The summed E-state index contributed by atoms with van der Waals surface area (Å²) in [7, 11) is 0. The lowest BCUT2D eigenvalue weighted by molar-refractivity contribution is 0.0964. The van der Waals surface area contributed by atoms with Gasteiger partial charge in [0.15, 0.2) is 0 Å². The molecule has 5 nitrogen and oxygen atoms in total. The molecular formula is C18H27N3O2. The molecule has 0 aliphatic carbocycles. The number of benzene rings is 1. The zero-order valence-electron chi connectivity index (χ0n) is 13.7. The summed E-state index contributed by atoms with van der Waals surface area (Å²) in [6, 6.07) is 10.7. The van der Waals surface area contributed by atoms with Gasteiger partial charge in [-0.25, -0.2) is 4.79 Å². The maximum Gasteiger partial charge on any atom is 0.410 e. The molecule has 126 valence electrons. The van der Waals surface area contributed by atoms with E-state index in [1.54, 1.807) is 0 Å². The highest BCUT2D eigenvalue weighted by atomic mass is 16.6. The third-order valence-corrected chi connectivity index (χ3v) is 4.93. The summed E-state index contributed by atoms with van der Waals surface area (Å²) in [5.74, 6) is 0. The van der Waals surface area contributed by atoms with Crippen molar-refractivity contribution in [3.8, 4) is 0 Å². The maximum atomic E-state index is 12.3. The van der Waals surface area contributed by atoms with E-state index in [1.165, 1.54) is 0 Å². The molecule has 2 aliphatic heterocycles. The van der Waals surface area contributed by atoms with Gasteiger partial charge in [-0.05, 0) is 31.2 Å². The van der Waals surface area contributed by atoms with Gasteiger partial charge in [0.05, 0.1) is 0 Å². The fraction of sp³-hybridized carbons (Fsp3) is 0.611. The molecule has 2 heterocycles. The number of carbonyl (C=O) groups is 1. The first-order chi connectivity index (χ1) is 11.2. The Morgan fingerprint density at radius 2 is 1.96 bits per heavy atom. The molecule has 0 unspecified atom stereocenters. The lowest BCUT2D eigenvalue weighted by atomic mass is 10.1. The molecule has 5 heteroatoms. The van der Waals surface area contributed by atoms with Gasteiger partial charge in [-0.3, -0.25) is 4.90 Å². The maximum absolute atomic E-state index is 12.3. The van der Waals surface area contributed by atoms with Crippen molar-refractivity contribution in [2.75, 3.05) is 26.2 Å². The average molecular weight is 317 g/mol. The van der Waals surface area contributed by atoms with Gasteiger partial charge in [-0.15, -0.1) is 0 Å². The second kappa shape index (κ2) is 7.79. The molecule has 2 saturated heterocycles. The summed E-state index contributed by atoms with van der Waals surface area (Å²) in [5, 5.41) is 0. The highest BCUT2D eigenvalue weighted by molar-refractivity contribution is 5.67. The quantitative estimate of drug-likeness (QED) is 0.928. The molecule has 0 bridgehead atoms. The molecule has 0 aromatic heterocycles. The van der Waals surface area contributed by atoms with Crippen LogP contribution in [0.5, 0.6) is 0 Å². The summed E-state index contributed by atoms with van der Waals surface area (Å²) in [4.78, 5) is 16.6. The number of hydrogen-bond donors (Lipinski definition) is 1. The number of hydrogen-bond acceptors (Lipinski definition) is 4. The van der Waals surface area contributed by atoms with Crippen molar-refractivity contribution in [2.45, 2.75) is 44.4 Å². The van der Waals surface area contributed by atoms with Crippen molar-refractivity contribution in [1.82, 2.24) is 9.80 Å². The van der Waals surface area contributed by atoms with Gasteiger partial charge < -0.3 is 15.4 Å². The van der Waals surface area contributed by atoms with Crippen LogP contribution in [-0.4, -0.2) is 54.2 Å². The monoisotopic (exact) mass is 317 g/mol. The zero-order chi connectivity index (χ0) is 16.1. The van der Waals surface area contributed by atoms with E-state index in [4.69, 9.17) is 10.5 Å². The third-order valence-electron chi connectivity index (χ3n) is 4.93. The Morgan fingerprint density at radius 3 is 2.70 bits per heavy atom. The van der Waals surface area contributed by atoms with E-state index in [9.17, 15) is 4.79 Å². The van der Waals surface area contributed by atoms with Crippen molar-refractivity contribution in [3.63, 3.8) is 0 Å². The normalized spacial score (nSPS) is 26.0. The van der Waals surface area contributed by atoms with Crippen molar-refractivity contribution in [2.24, 2.45) is 5.73 Å². The van der Waals surface area contributed by atoms with Gasteiger partial charge in [0.25, 0.3) is 0 Å². The van der Waals surface area contributed by atoms with E-state index in [2.05, 4.69) is 4.90 Å². The van der Waals surface area contributed by atoms with Crippen molar-refractivity contribution >= 4 is 6.09 Å². The second-order valence-electron chi connectivity index (χ2n) is 6.66. The summed E-state index contributed by atoms with van der Waals surface area (Å²) >= 11 is 0. The van der Waals surface area contributed by atoms with E-state index in [1.807, 2.05) is 35.2 Å². The topological polar surface area (TPSA) is 58.8 Å². The molecule has 2 aliphatic rings. The second-order valence-corrected chi connectivity index (χ2v) is 6.66. The van der Waals surface area contributed by atoms with Gasteiger partial charge >= 0.3 is 6.09 Å². The first kappa shape index (κ1) is 16.3. The number of carbonyl (C=O) groups excluding carboxylic acids is 1. The van der Waals surface area contributed by atoms with Crippen LogP contribution in [0.15, 0.2) is 30.3 Å². The van der Waals surface area contributed by atoms with Crippen molar-refractivity contribution in [3.05, 3.63) is 35.9 Å². The van der Waals surface area contributed by atoms with Crippen molar-refractivity contribution in [1.29, 1.82) is 0 Å². The highest BCUT2D eigenvalue weighted by Gasteiger charge is 2.29. The Balaban J connectivity index is 1.46. The van der Waals surface area contributed by atoms with Gasteiger partial charge in [-0.1, -0.05) is 30.3 Å². The number of nitrogens with two attached hydrogens (primary N) is 1. The largest absolute Gasteiger partial charge is 0.445 e. The molecule has 2 fully saturated rings. The molecule has 1 aromatic rings. The Hall–Kier alpha value is -1.59. The van der Waals surface area contributed by atoms with Gasteiger partial charge in [-0.2, -0.15) is 0 Å². The zero-order valence-corrected chi connectivity index (χ0v) is 13.7. The van der Waals surface area contributed by atoms with Crippen molar-refractivity contribution < 1.29 is 9.53 Å². The lowest BCUT2D eigenvalue weighted by Gasteiger charge is -2.26. The summed E-state index contributed by atoms with van der Waals surface area (Å²) in [6.45, 7) is 4.03. The fourth-order valence-electron chi connectivity index (χ4n) is 3.58. The minimum Gasteiger partial charge on any atom is -0.445 e. The molecule has 1 aromatic carbocycles. The molecule has 23 heavy (non-hydrogen) atoms. The number of ether oxygens (including phenoxy) is 1. The van der Waals surface area contributed by atoms with Crippen LogP contribution in [0, 0.1) is 0 Å². The van der Waals surface area contributed by atoms with E-state index < -0.39 is 0 Å². The first-order valence-corrected chi connectivity index (χ1v) is 8.67. The number of amides is 1. The summed E-state index contributed by atoms with van der Waals surface area (Å²) in [6.07, 6.45) is 4.12. The predicted molar refractivity (Wildman–Crippen MR) is 90.0 cm³/mol. The first-order valence-electron chi connectivity index (χ1n) is 8.67. The molecule has 0 saturated carbocycles. The predicted octanol–water partition coefficient (Wildman–Crippen LogP) is 2.21. The standard InChI is InChI=1S/C18H27N3O2/c19-16-8-11-21(13-16)17-7-4-10-20(12-9-17)18(22)23-14-15-5-2-1-3-6-15/h1-3,5-6,16-17H,4,7-14,19H2/t16-,17+/m1/s1. The van der Waals surface area contributed by atoms with Crippen LogP contribution >= 0.6 is 0 Å².